The van der Waals surface area contributed by atoms with Crippen molar-refractivity contribution in [3.63, 3.8) is 0 Å². The molecule has 3 aliphatic carbocycles. The Kier molecular flexibility index (Phi) is 26.9. The van der Waals surface area contributed by atoms with Crippen LogP contribution in [-0.2, 0) is 31.9 Å². The number of nitrogens with one attached hydrogen (secondary N) is 1. The third-order valence-electron chi connectivity index (χ3n) is 18.7. The van der Waals surface area contributed by atoms with E-state index in [4.69, 9.17) is 81.1 Å². The second-order valence-electron chi connectivity index (χ2n) is 23.9. The summed E-state index contributed by atoms with van der Waals surface area (Å²) in [6, 6.07) is 7.28. The fourth-order valence-corrected chi connectivity index (χ4v) is 16.3. The van der Waals surface area contributed by atoms with Crippen molar-refractivity contribution < 1.29 is 29.6 Å². The van der Waals surface area contributed by atoms with Gasteiger partial charge in [-0.2, -0.15) is 4.90 Å². The van der Waals surface area contributed by atoms with Crippen molar-refractivity contribution >= 4 is 167 Å². The smallest absolute Gasteiger partial charge is 0.778 e. The van der Waals surface area contributed by atoms with E-state index in [2.05, 4.69) is 140 Å². The third-order valence-corrected chi connectivity index (χ3v) is 23.0. The van der Waals surface area contributed by atoms with E-state index >= 15 is 0 Å². The quantitative estimate of drug-likeness (QED) is 0.0476. The zero-order chi connectivity index (χ0) is 67.3. The van der Waals surface area contributed by atoms with Gasteiger partial charge in [0.2, 0.25) is 11.9 Å². The Morgan fingerprint density at radius 2 is 0.909 bits per heavy atom. The van der Waals surface area contributed by atoms with Gasteiger partial charge in [0, 0.05) is 164 Å². The normalized spacial score (nSPS) is 18.4. The van der Waals surface area contributed by atoms with Crippen molar-refractivity contribution in [1.29, 1.82) is 0 Å². The monoisotopic (exact) mass is 1660 g/mol. The van der Waals surface area contributed by atoms with Gasteiger partial charge in [-0.25, -0.2) is 34.9 Å². The Morgan fingerprint density at radius 1 is 0.495 bits per heavy atom. The first-order chi connectivity index (χ1) is 46.5. The van der Waals surface area contributed by atoms with E-state index in [1.54, 1.807) is 61.8 Å². The largest absolute Gasteiger partial charge is 1.00 e. The van der Waals surface area contributed by atoms with Crippen LogP contribution in [0.4, 0.5) is 23.5 Å². The number of nitrogens with two attached hydrogens (primary N) is 5. The van der Waals surface area contributed by atoms with Gasteiger partial charge in [-0.15, -0.1) is 0 Å². The van der Waals surface area contributed by atoms with Gasteiger partial charge >= 0.3 is 29.6 Å². The minimum Gasteiger partial charge on any atom is -0.778 e. The minimum atomic E-state index is -0.0686. The van der Waals surface area contributed by atoms with Crippen LogP contribution in [0.1, 0.15) is 106 Å². The molecule has 3 saturated heterocycles. The average molecular weight is 1660 g/mol. The first kappa shape index (κ1) is 77.8. The summed E-state index contributed by atoms with van der Waals surface area (Å²) in [5.74, 6) is 2.44. The Balaban J connectivity index is 0.000000153. The molecular weight excluding hydrogens is 1580 g/mol. The molecule has 11 aromatic heterocycles. The van der Waals surface area contributed by atoms with Gasteiger partial charge in [0.1, 0.15) is 16.8 Å². The average Bonchev–Trinajstić information content (AvgIpc) is 1.62. The van der Waals surface area contributed by atoms with Crippen molar-refractivity contribution in [2.45, 2.75) is 105 Å². The number of hydrogen-bond donors (Lipinski definition) is 6. The first-order valence-corrected chi connectivity index (χ1v) is 35.3. The maximum absolute atomic E-state index is 6.65. The summed E-state index contributed by atoms with van der Waals surface area (Å²) in [7, 11) is 10.0. The second kappa shape index (κ2) is 34.3. The van der Waals surface area contributed by atoms with Gasteiger partial charge in [-0.1, -0.05) is 67.5 Å². The SMILES string of the molecule is C.C.Clc1ccc(I)c2nccn12.N[C@@H]1c2nccnc2CC12CCN(c1ncc(I)c3nccn13)CC2.N[C@@H]1c2nccnc2CC12CCNCC2.Nc1nccc(Sc2cnc(N3CCC4(CC3)Cc3nccnc3[C@H]4N)n3ccnc23)c1Cl.Nc1nccc([S-])c1Cl.[B][B][B].[Na+]. The molecule has 3 fully saturated rings. The molecule has 14 heterocycles. The molecule has 0 amide bonds. The standard InChI is InChI=1S/C22H22ClN9S.C17H18IN7.C11H16N4.C7H4ClIN2.C5H5ClN2S.2CH4.B3.Na/c23-16-14(1-4-28-19(16)25)33-15-12-30-21(32-10-7-29-20(15)32)31-8-2-22(3-9-31)11-13-17(18(22)24)27-6-5-26-13;18-11-10-23-16(25-8-5-22-15(11)25)24-6-1-17(2-7-24)9-12-13(14(17)19)21-4-3-20-12;12-10-9-8(14-5-6-15-9)7-11(10)1-3-13-4-2-11;8-6-2-1-5(9)7-10-3-4-11(6)7;6-4-3(9)1-2-8-5(4)7;;;1-3-2;/h1,4-7,10,12,18H,2-3,8-9,11,24H2,(H2,25,28);3-5,8,10,14H,1-2,6-7,9,19H2;5-6,10,13H,1-4,7,12H2;1-4H;1-2H,(H3,7,8,9);2*1H4;;/q;;;;;;;;+1/p-1/t18-;14-;10-;;;;;;/m111....../s1. The zero-order valence-corrected chi connectivity index (χ0v) is 63.0. The van der Waals surface area contributed by atoms with Crippen LogP contribution < -0.4 is 73.3 Å². The van der Waals surface area contributed by atoms with Gasteiger partial charge in [-0.05, 0) is 140 Å². The molecule has 35 heteroatoms. The summed E-state index contributed by atoms with van der Waals surface area (Å²) in [6.45, 7) is 5.73. The second-order valence-corrected chi connectivity index (χ2v) is 28.9. The van der Waals surface area contributed by atoms with Crippen LogP contribution in [0.25, 0.3) is 16.9 Å². The van der Waals surface area contributed by atoms with Crippen LogP contribution in [-0.4, -0.2) is 140 Å². The van der Waals surface area contributed by atoms with Crippen LogP contribution in [0, 0.1) is 23.4 Å². The Morgan fingerprint density at radius 3 is 1.37 bits per heavy atom. The molecule has 3 atom stereocenters. The topological polar surface area (TPSA) is 329 Å². The van der Waals surface area contributed by atoms with E-state index in [0.29, 0.717) is 31.7 Å². The van der Waals surface area contributed by atoms with Gasteiger partial charge in [0.25, 0.3) is 0 Å². The van der Waals surface area contributed by atoms with Crippen LogP contribution in [0.5, 0.6) is 0 Å². The van der Waals surface area contributed by atoms with Crippen molar-refractivity contribution in [2.75, 3.05) is 60.5 Å². The van der Waals surface area contributed by atoms with Crippen molar-refractivity contribution in [3.05, 3.63) is 180 Å². The summed E-state index contributed by atoms with van der Waals surface area (Å²) >= 11 is 28.6. The van der Waals surface area contributed by atoms with E-state index in [0.717, 1.165) is 184 Å². The summed E-state index contributed by atoms with van der Waals surface area (Å²) in [5, 5.41) is 4.89. The van der Waals surface area contributed by atoms with E-state index in [1.807, 2.05) is 64.2 Å². The third kappa shape index (κ3) is 16.4. The number of anilines is 4. The zero-order valence-electron chi connectivity index (χ0n) is 52.8. The number of hydrogen-bond acceptors (Lipinski definition) is 23. The van der Waals surface area contributed by atoms with Crippen LogP contribution in [0.3, 0.4) is 0 Å². The molecule has 5 radical (unpaired) electrons. The summed E-state index contributed by atoms with van der Waals surface area (Å²) in [6.07, 6.45) is 37.7. The summed E-state index contributed by atoms with van der Waals surface area (Å²) in [5.41, 5.74) is 40.0. The molecule has 11 N–H and O–H groups in total. The predicted molar refractivity (Wildman–Crippen MR) is 410 cm³/mol. The molecule has 0 unspecified atom stereocenters. The maximum Gasteiger partial charge on any atom is 1.00 e. The fourth-order valence-electron chi connectivity index (χ4n) is 13.5. The van der Waals surface area contributed by atoms with Crippen molar-refractivity contribution in [2.24, 2.45) is 33.4 Å². The molecule has 0 bridgehead atoms. The minimum absolute atomic E-state index is 0. The molecule has 99 heavy (non-hydrogen) atoms. The van der Waals surface area contributed by atoms with E-state index in [9.17, 15) is 0 Å². The molecule has 505 valence electrons. The molecule has 0 saturated carbocycles. The van der Waals surface area contributed by atoms with Gasteiger partial charge in [-0.3, -0.25) is 43.1 Å². The van der Waals surface area contributed by atoms with Crippen LogP contribution >= 0.6 is 91.7 Å². The number of imidazole rings is 3. The van der Waals surface area contributed by atoms with Crippen molar-refractivity contribution in [1.82, 2.24) is 83.3 Å². The maximum atomic E-state index is 6.65. The predicted octanol–water partition coefficient (Wildman–Crippen LogP) is 6.46. The molecule has 24 nitrogen and oxygen atoms in total. The number of nitrogens with zero attached hydrogens (tertiary/aromatic N) is 18. The number of aromatic nitrogens is 16. The van der Waals surface area contributed by atoms with Gasteiger partial charge in [0.05, 0.1) is 74.4 Å². The Hall–Kier alpha value is -5.40. The van der Waals surface area contributed by atoms with E-state index in [-0.39, 0.29) is 78.8 Å². The Bertz CT molecular complexity index is 4490. The van der Waals surface area contributed by atoms with E-state index < -0.39 is 0 Å². The number of pyridine rings is 3. The molecule has 17 rings (SSSR count). The summed E-state index contributed by atoms with van der Waals surface area (Å²) < 4.78 is 8.13. The molecule has 11 aromatic rings. The van der Waals surface area contributed by atoms with E-state index in [1.165, 1.54) is 18.0 Å². The van der Waals surface area contributed by atoms with Crippen LogP contribution in [0.15, 0.2) is 138 Å². The van der Waals surface area contributed by atoms with Gasteiger partial charge in [0.15, 0.2) is 16.9 Å². The number of halogens is 5. The fraction of sp³-hybridized carbons (Fsp3) is 0.359. The number of fused-ring (bicyclic) bond motifs is 6. The molecule has 6 aliphatic rings. The number of piperidine rings is 3. The first-order valence-electron chi connectivity index (χ1n) is 30.8. The molecular formula is C64H72B3Cl3I2N24NaS2. The molecule has 3 spiro atoms. The number of rotatable bonds is 4. The molecule has 0 aromatic carbocycles. The number of nitrogen functional groups attached to an aromatic ring is 2. The van der Waals surface area contributed by atoms with Gasteiger partial charge < -0.3 is 56.4 Å². The Labute approximate surface area is 653 Å². The summed E-state index contributed by atoms with van der Waals surface area (Å²) in [4.78, 5) is 64.1. The van der Waals surface area contributed by atoms with Crippen LogP contribution in [0.2, 0.25) is 15.2 Å². The molecule has 3 aliphatic heterocycles. The van der Waals surface area contributed by atoms with Crippen molar-refractivity contribution in [3.8, 4) is 0 Å².